The van der Waals surface area contributed by atoms with E-state index < -0.39 is 0 Å². The normalized spacial score (nSPS) is 11.0. The number of imidazole rings is 1. The van der Waals surface area contributed by atoms with E-state index in [4.69, 9.17) is 0 Å². The fourth-order valence-electron chi connectivity index (χ4n) is 3.03. The second kappa shape index (κ2) is 7.86. The standard InChI is InChI=1S/C21H21N5O/c27-21(11-10-20-24-18-4-1-2-5-19(18)25-20)22-14-12-16-6-8-17(9-7-16)26-15-3-13-23-26/h1-9,13,15H,10-12,14H2,(H,22,27)(H,24,25). The quantitative estimate of drug-likeness (QED) is 0.532. The number of nitrogens with one attached hydrogen (secondary N) is 2. The number of hydrogen-bond acceptors (Lipinski definition) is 3. The van der Waals surface area contributed by atoms with Gasteiger partial charge in [0, 0.05) is 31.8 Å². The van der Waals surface area contributed by atoms with Gasteiger partial charge in [0.1, 0.15) is 5.82 Å². The number of benzene rings is 2. The average molecular weight is 359 g/mol. The molecule has 0 spiro atoms. The summed E-state index contributed by atoms with van der Waals surface area (Å²) in [6.07, 6.45) is 5.51. The van der Waals surface area contributed by atoms with Crippen LogP contribution in [0.5, 0.6) is 0 Å². The molecule has 0 aliphatic heterocycles. The van der Waals surface area contributed by atoms with Crippen LogP contribution in [0, 0.1) is 0 Å². The summed E-state index contributed by atoms with van der Waals surface area (Å²) >= 11 is 0. The molecule has 0 fully saturated rings. The third kappa shape index (κ3) is 4.23. The molecular formula is C21H21N5O. The number of amides is 1. The number of hydrogen-bond donors (Lipinski definition) is 2. The number of aromatic nitrogens is 4. The van der Waals surface area contributed by atoms with E-state index in [1.54, 1.807) is 6.20 Å². The number of carbonyl (C=O) groups excluding carboxylic acids is 1. The highest BCUT2D eigenvalue weighted by Gasteiger charge is 2.06. The van der Waals surface area contributed by atoms with E-state index in [1.165, 1.54) is 5.56 Å². The van der Waals surface area contributed by atoms with Gasteiger partial charge >= 0.3 is 0 Å². The topological polar surface area (TPSA) is 75.6 Å². The van der Waals surface area contributed by atoms with Crippen LogP contribution in [0.25, 0.3) is 16.7 Å². The summed E-state index contributed by atoms with van der Waals surface area (Å²) in [5, 5.41) is 7.19. The Morgan fingerprint density at radius 2 is 1.89 bits per heavy atom. The van der Waals surface area contributed by atoms with Crippen molar-refractivity contribution in [1.29, 1.82) is 0 Å². The highest BCUT2D eigenvalue weighted by atomic mass is 16.1. The van der Waals surface area contributed by atoms with Gasteiger partial charge < -0.3 is 10.3 Å². The Hall–Kier alpha value is -3.41. The molecule has 6 heteroatoms. The van der Waals surface area contributed by atoms with E-state index in [0.29, 0.717) is 19.4 Å². The molecular weight excluding hydrogens is 338 g/mol. The molecule has 4 rings (SSSR count). The van der Waals surface area contributed by atoms with Crippen molar-refractivity contribution in [1.82, 2.24) is 25.1 Å². The molecule has 0 bridgehead atoms. The van der Waals surface area contributed by atoms with Crippen molar-refractivity contribution in [3.63, 3.8) is 0 Å². The van der Waals surface area contributed by atoms with Crippen LogP contribution in [0.4, 0.5) is 0 Å². The van der Waals surface area contributed by atoms with Gasteiger partial charge in [-0.15, -0.1) is 0 Å². The van der Waals surface area contributed by atoms with Crippen LogP contribution in [-0.2, 0) is 17.6 Å². The largest absolute Gasteiger partial charge is 0.356 e. The van der Waals surface area contributed by atoms with Crippen LogP contribution < -0.4 is 5.32 Å². The van der Waals surface area contributed by atoms with Crippen molar-refractivity contribution < 1.29 is 4.79 Å². The smallest absolute Gasteiger partial charge is 0.220 e. The first-order valence-corrected chi connectivity index (χ1v) is 9.07. The Labute approximate surface area is 157 Å². The lowest BCUT2D eigenvalue weighted by Crippen LogP contribution is -2.26. The molecule has 2 heterocycles. The number of carbonyl (C=O) groups is 1. The molecule has 0 saturated carbocycles. The summed E-state index contributed by atoms with van der Waals surface area (Å²) in [7, 11) is 0. The molecule has 2 aromatic carbocycles. The summed E-state index contributed by atoms with van der Waals surface area (Å²) in [6.45, 7) is 0.625. The molecule has 0 aliphatic carbocycles. The predicted molar refractivity (Wildman–Crippen MR) is 105 cm³/mol. The maximum atomic E-state index is 12.1. The lowest BCUT2D eigenvalue weighted by atomic mass is 10.1. The molecule has 6 nitrogen and oxygen atoms in total. The van der Waals surface area contributed by atoms with Crippen LogP contribution in [0.2, 0.25) is 0 Å². The van der Waals surface area contributed by atoms with Crippen molar-refractivity contribution in [3.05, 3.63) is 78.4 Å². The van der Waals surface area contributed by atoms with E-state index in [0.717, 1.165) is 29.0 Å². The molecule has 0 unspecified atom stereocenters. The first-order valence-electron chi connectivity index (χ1n) is 9.07. The number of aryl methyl sites for hydroxylation is 1. The predicted octanol–water partition coefficient (Wildman–Crippen LogP) is 3.04. The van der Waals surface area contributed by atoms with E-state index in [-0.39, 0.29) is 5.91 Å². The lowest BCUT2D eigenvalue weighted by Gasteiger charge is -2.06. The molecule has 0 radical (unpaired) electrons. The van der Waals surface area contributed by atoms with Gasteiger partial charge in [-0.2, -0.15) is 5.10 Å². The summed E-state index contributed by atoms with van der Waals surface area (Å²) in [4.78, 5) is 19.8. The molecule has 2 N–H and O–H groups in total. The summed E-state index contributed by atoms with van der Waals surface area (Å²) in [6, 6.07) is 18.0. The van der Waals surface area contributed by atoms with Gasteiger partial charge in [0.25, 0.3) is 0 Å². The van der Waals surface area contributed by atoms with Crippen LogP contribution in [-0.4, -0.2) is 32.2 Å². The van der Waals surface area contributed by atoms with Crippen LogP contribution >= 0.6 is 0 Å². The third-order valence-electron chi connectivity index (χ3n) is 4.47. The minimum absolute atomic E-state index is 0.0450. The Balaban J connectivity index is 1.22. The highest BCUT2D eigenvalue weighted by molar-refractivity contribution is 5.77. The Morgan fingerprint density at radius 3 is 2.67 bits per heavy atom. The minimum Gasteiger partial charge on any atom is -0.356 e. The number of H-pyrrole nitrogens is 1. The minimum atomic E-state index is 0.0450. The van der Waals surface area contributed by atoms with Crippen molar-refractivity contribution >= 4 is 16.9 Å². The molecule has 0 atom stereocenters. The second-order valence-corrected chi connectivity index (χ2v) is 6.42. The zero-order valence-electron chi connectivity index (χ0n) is 14.9. The lowest BCUT2D eigenvalue weighted by molar-refractivity contribution is -0.121. The molecule has 2 aromatic heterocycles. The van der Waals surface area contributed by atoms with Gasteiger partial charge in [0.2, 0.25) is 5.91 Å². The summed E-state index contributed by atoms with van der Waals surface area (Å²) in [5.41, 5.74) is 4.15. The van der Waals surface area contributed by atoms with E-state index in [9.17, 15) is 4.79 Å². The van der Waals surface area contributed by atoms with Gasteiger partial charge in [-0.1, -0.05) is 24.3 Å². The fourth-order valence-corrected chi connectivity index (χ4v) is 3.03. The van der Waals surface area contributed by atoms with E-state index in [1.807, 2.05) is 53.3 Å². The average Bonchev–Trinajstić information content (AvgIpc) is 3.36. The molecule has 4 aromatic rings. The maximum absolute atomic E-state index is 12.1. The van der Waals surface area contributed by atoms with Gasteiger partial charge in [-0.05, 0) is 42.3 Å². The van der Waals surface area contributed by atoms with Crippen molar-refractivity contribution in [2.45, 2.75) is 19.3 Å². The molecule has 0 aliphatic rings. The molecule has 27 heavy (non-hydrogen) atoms. The zero-order valence-corrected chi connectivity index (χ0v) is 14.9. The third-order valence-corrected chi connectivity index (χ3v) is 4.47. The number of fused-ring (bicyclic) bond motifs is 1. The first kappa shape index (κ1) is 17.0. The van der Waals surface area contributed by atoms with Gasteiger partial charge in [0.15, 0.2) is 0 Å². The summed E-state index contributed by atoms with van der Waals surface area (Å²) < 4.78 is 1.82. The van der Waals surface area contributed by atoms with Crippen molar-refractivity contribution in [2.24, 2.45) is 0 Å². The molecule has 136 valence electrons. The number of rotatable bonds is 7. The SMILES string of the molecule is O=C(CCc1nc2ccccc2[nH]1)NCCc1ccc(-n2cccn2)cc1. The van der Waals surface area contributed by atoms with E-state index in [2.05, 4.69) is 32.5 Å². The zero-order chi connectivity index (χ0) is 18.5. The van der Waals surface area contributed by atoms with Gasteiger partial charge in [0.05, 0.1) is 16.7 Å². The Bertz CT molecular complexity index is 985. The summed E-state index contributed by atoms with van der Waals surface area (Å²) in [5.74, 6) is 0.893. The second-order valence-electron chi connectivity index (χ2n) is 6.42. The number of aromatic amines is 1. The van der Waals surface area contributed by atoms with Crippen LogP contribution in [0.1, 0.15) is 17.8 Å². The highest BCUT2D eigenvalue weighted by Crippen LogP contribution is 2.11. The molecule has 0 saturated heterocycles. The number of nitrogens with zero attached hydrogens (tertiary/aromatic N) is 3. The maximum Gasteiger partial charge on any atom is 0.220 e. The van der Waals surface area contributed by atoms with Crippen LogP contribution in [0.3, 0.4) is 0 Å². The van der Waals surface area contributed by atoms with Gasteiger partial charge in [-0.3, -0.25) is 4.79 Å². The van der Waals surface area contributed by atoms with Crippen LogP contribution in [0.15, 0.2) is 67.0 Å². The fraction of sp³-hybridized carbons (Fsp3) is 0.190. The monoisotopic (exact) mass is 359 g/mol. The van der Waals surface area contributed by atoms with Crippen molar-refractivity contribution in [3.8, 4) is 5.69 Å². The van der Waals surface area contributed by atoms with E-state index >= 15 is 0 Å². The molecule has 1 amide bonds. The van der Waals surface area contributed by atoms with Crippen molar-refractivity contribution in [2.75, 3.05) is 6.54 Å². The van der Waals surface area contributed by atoms with Gasteiger partial charge in [-0.25, -0.2) is 9.67 Å². The Morgan fingerprint density at radius 1 is 1.04 bits per heavy atom. The Kier molecular flexibility index (Phi) is 4.96. The number of para-hydroxylation sites is 2. The first-order chi connectivity index (χ1) is 13.3.